The number of nitrogens with zero attached hydrogens (tertiary/aromatic N) is 1. The molecule has 0 saturated carbocycles. The van der Waals surface area contributed by atoms with Crippen LogP contribution in [0.2, 0.25) is 5.02 Å². The average Bonchev–Trinajstić information content (AvgIpc) is 2.42. The molecule has 0 aliphatic carbocycles. The van der Waals surface area contributed by atoms with Crippen molar-refractivity contribution < 1.29 is 13.2 Å². The maximum Gasteiger partial charge on any atom is 0.261 e. The number of pyridine rings is 1. The molecule has 2 rings (SSSR count). The number of aromatic nitrogens is 1. The van der Waals surface area contributed by atoms with Gasteiger partial charge in [-0.15, -0.1) is 0 Å². The molecule has 0 spiro atoms. The van der Waals surface area contributed by atoms with E-state index in [1.54, 1.807) is 12.1 Å². The van der Waals surface area contributed by atoms with Crippen LogP contribution in [0, 0.1) is 0 Å². The molecule has 1 aromatic carbocycles. The zero-order chi connectivity index (χ0) is 14.6. The van der Waals surface area contributed by atoms with Gasteiger partial charge in [-0.05, 0) is 37.3 Å². The number of nitrogens with one attached hydrogen (secondary N) is 1. The van der Waals surface area contributed by atoms with Crippen LogP contribution >= 0.6 is 11.6 Å². The predicted octanol–water partition coefficient (Wildman–Crippen LogP) is 2.93. The highest BCUT2D eigenvalue weighted by Gasteiger charge is 2.15. The lowest BCUT2D eigenvalue weighted by Crippen LogP contribution is -2.13. The summed E-state index contributed by atoms with van der Waals surface area (Å²) >= 11 is 5.90. The van der Waals surface area contributed by atoms with Gasteiger partial charge in [-0.3, -0.25) is 9.71 Å². The number of hydrogen-bond donors (Lipinski definition) is 1. The monoisotopic (exact) mass is 312 g/mol. The van der Waals surface area contributed by atoms with Gasteiger partial charge in [-0.1, -0.05) is 11.6 Å². The molecular formula is C13H13ClN2O3S. The van der Waals surface area contributed by atoms with Crippen LogP contribution in [0.4, 0.5) is 5.69 Å². The van der Waals surface area contributed by atoms with E-state index in [1.807, 2.05) is 6.92 Å². The van der Waals surface area contributed by atoms with E-state index in [0.29, 0.717) is 12.4 Å². The minimum atomic E-state index is -3.70. The number of hydrogen-bond acceptors (Lipinski definition) is 4. The summed E-state index contributed by atoms with van der Waals surface area (Å²) in [4.78, 5) is 3.96. The normalized spacial score (nSPS) is 11.1. The van der Waals surface area contributed by atoms with Gasteiger partial charge in [0.05, 0.1) is 28.4 Å². The van der Waals surface area contributed by atoms with E-state index in [-0.39, 0.29) is 15.6 Å². The first-order valence-corrected chi connectivity index (χ1v) is 7.74. The third-order valence-corrected chi connectivity index (χ3v) is 4.17. The Kier molecular flexibility index (Phi) is 4.46. The zero-order valence-electron chi connectivity index (χ0n) is 10.7. The van der Waals surface area contributed by atoms with Crippen LogP contribution < -0.4 is 9.46 Å². The van der Waals surface area contributed by atoms with Crippen LogP contribution in [-0.4, -0.2) is 20.0 Å². The molecule has 0 bridgehead atoms. The van der Waals surface area contributed by atoms with Gasteiger partial charge in [-0.2, -0.15) is 0 Å². The van der Waals surface area contributed by atoms with Crippen molar-refractivity contribution in [1.29, 1.82) is 0 Å². The fraction of sp³-hybridized carbons (Fsp3) is 0.154. The molecule has 7 heteroatoms. The highest BCUT2D eigenvalue weighted by molar-refractivity contribution is 7.92. The lowest BCUT2D eigenvalue weighted by molar-refractivity contribution is 0.340. The third kappa shape index (κ3) is 3.40. The highest BCUT2D eigenvalue weighted by Crippen LogP contribution is 2.23. The maximum absolute atomic E-state index is 12.2. The van der Waals surface area contributed by atoms with Gasteiger partial charge in [0.15, 0.2) is 0 Å². The van der Waals surface area contributed by atoms with Gasteiger partial charge >= 0.3 is 0 Å². The smallest absolute Gasteiger partial charge is 0.261 e. The molecule has 1 aromatic heterocycles. The van der Waals surface area contributed by atoms with E-state index in [0.717, 1.165) is 0 Å². The Bertz CT molecular complexity index is 687. The summed E-state index contributed by atoms with van der Waals surface area (Å²) in [6.07, 6.45) is 2.84. The van der Waals surface area contributed by atoms with Gasteiger partial charge in [0.2, 0.25) is 0 Å². The molecular weight excluding hydrogens is 300 g/mol. The molecule has 0 amide bonds. The molecule has 0 aliphatic heterocycles. The number of rotatable bonds is 5. The second-order valence-corrected chi connectivity index (χ2v) is 5.96. The zero-order valence-corrected chi connectivity index (χ0v) is 12.3. The molecule has 1 heterocycles. The van der Waals surface area contributed by atoms with Crippen molar-refractivity contribution in [2.24, 2.45) is 0 Å². The van der Waals surface area contributed by atoms with Crippen molar-refractivity contribution >= 4 is 27.3 Å². The van der Waals surface area contributed by atoms with E-state index in [2.05, 4.69) is 9.71 Å². The Morgan fingerprint density at radius 1 is 1.25 bits per heavy atom. The fourth-order valence-electron chi connectivity index (χ4n) is 1.54. The molecule has 0 aliphatic rings. The van der Waals surface area contributed by atoms with E-state index in [9.17, 15) is 8.42 Å². The molecule has 0 fully saturated rings. The van der Waals surface area contributed by atoms with Crippen molar-refractivity contribution in [3.63, 3.8) is 0 Å². The first-order chi connectivity index (χ1) is 9.53. The van der Waals surface area contributed by atoms with Crippen LogP contribution in [0.25, 0.3) is 0 Å². The van der Waals surface area contributed by atoms with Crippen LogP contribution in [0.1, 0.15) is 6.92 Å². The first kappa shape index (κ1) is 14.6. The Hall–Kier alpha value is -1.79. The number of sulfonamides is 1. The molecule has 106 valence electrons. The molecule has 20 heavy (non-hydrogen) atoms. The topological polar surface area (TPSA) is 68.3 Å². The minimum Gasteiger partial charge on any atom is -0.494 e. The standard InChI is InChI=1S/C13H13ClN2O3S/c1-2-19-10-3-5-11(6-4-10)20(17,18)16-13-9-15-8-7-12(13)14/h3-9,16H,2H2,1H3. The second-order valence-electron chi connectivity index (χ2n) is 3.87. The van der Waals surface area contributed by atoms with E-state index >= 15 is 0 Å². The summed E-state index contributed by atoms with van der Waals surface area (Å²) in [6.45, 7) is 2.38. The minimum absolute atomic E-state index is 0.126. The SMILES string of the molecule is CCOc1ccc(S(=O)(=O)Nc2cnccc2Cl)cc1. The summed E-state index contributed by atoms with van der Waals surface area (Å²) in [7, 11) is -3.70. The number of halogens is 1. The summed E-state index contributed by atoms with van der Waals surface area (Å²) in [5, 5.41) is 0.287. The van der Waals surface area contributed by atoms with Crippen molar-refractivity contribution in [2.45, 2.75) is 11.8 Å². The Labute approximate surface area is 122 Å². The van der Waals surface area contributed by atoms with Gasteiger partial charge in [0.25, 0.3) is 10.0 Å². The summed E-state index contributed by atoms with van der Waals surface area (Å²) in [5.41, 5.74) is 0.239. The van der Waals surface area contributed by atoms with Gasteiger partial charge in [-0.25, -0.2) is 8.42 Å². The van der Waals surface area contributed by atoms with Gasteiger partial charge in [0, 0.05) is 6.20 Å². The predicted molar refractivity (Wildman–Crippen MR) is 77.7 cm³/mol. The Morgan fingerprint density at radius 3 is 2.55 bits per heavy atom. The molecule has 0 unspecified atom stereocenters. The Balaban J connectivity index is 2.24. The lowest BCUT2D eigenvalue weighted by atomic mass is 10.3. The summed E-state index contributed by atoms with van der Waals surface area (Å²) in [6, 6.07) is 7.65. The quantitative estimate of drug-likeness (QED) is 0.921. The van der Waals surface area contributed by atoms with E-state index < -0.39 is 10.0 Å². The largest absolute Gasteiger partial charge is 0.494 e. The summed E-state index contributed by atoms with van der Waals surface area (Å²) < 4.78 is 32.0. The molecule has 0 radical (unpaired) electrons. The maximum atomic E-state index is 12.2. The summed E-state index contributed by atoms with van der Waals surface area (Å²) in [5.74, 6) is 0.617. The molecule has 5 nitrogen and oxygen atoms in total. The first-order valence-electron chi connectivity index (χ1n) is 5.88. The molecule has 0 saturated heterocycles. The van der Waals surface area contributed by atoms with Crippen molar-refractivity contribution in [2.75, 3.05) is 11.3 Å². The van der Waals surface area contributed by atoms with Crippen LogP contribution in [0.3, 0.4) is 0 Å². The lowest BCUT2D eigenvalue weighted by Gasteiger charge is -2.09. The fourth-order valence-corrected chi connectivity index (χ4v) is 2.81. The number of benzene rings is 1. The van der Waals surface area contributed by atoms with Crippen LogP contribution in [0.15, 0.2) is 47.6 Å². The van der Waals surface area contributed by atoms with Crippen molar-refractivity contribution in [3.05, 3.63) is 47.7 Å². The third-order valence-electron chi connectivity index (χ3n) is 2.46. The molecule has 1 N–H and O–H groups in total. The van der Waals surface area contributed by atoms with Crippen LogP contribution in [0.5, 0.6) is 5.75 Å². The highest BCUT2D eigenvalue weighted by atomic mass is 35.5. The van der Waals surface area contributed by atoms with Crippen molar-refractivity contribution in [3.8, 4) is 5.75 Å². The Morgan fingerprint density at radius 2 is 1.95 bits per heavy atom. The molecule has 2 aromatic rings. The van der Waals surface area contributed by atoms with E-state index in [4.69, 9.17) is 16.3 Å². The van der Waals surface area contributed by atoms with Gasteiger partial charge < -0.3 is 4.74 Å². The number of ether oxygens (including phenoxy) is 1. The molecule has 0 atom stereocenters. The van der Waals surface area contributed by atoms with Crippen molar-refractivity contribution in [1.82, 2.24) is 4.98 Å². The van der Waals surface area contributed by atoms with Gasteiger partial charge in [0.1, 0.15) is 5.75 Å². The average molecular weight is 313 g/mol. The van der Waals surface area contributed by atoms with Crippen LogP contribution in [-0.2, 0) is 10.0 Å². The second kappa shape index (κ2) is 6.11. The number of anilines is 1. The van der Waals surface area contributed by atoms with E-state index in [1.165, 1.54) is 30.6 Å².